The molecular weight excluding hydrogens is 280 g/mol. The first-order valence-electron chi connectivity index (χ1n) is 10.4. The van der Waals surface area contributed by atoms with Crippen molar-refractivity contribution < 1.29 is 0 Å². The van der Waals surface area contributed by atoms with Crippen molar-refractivity contribution >= 4 is 0 Å². The Balaban J connectivity index is -0.000000104. The van der Waals surface area contributed by atoms with Gasteiger partial charge in [0.2, 0.25) is 0 Å². The summed E-state index contributed by atoms with van der Waals surface area (Å²) in [6.45, 7) is 17.9. The molecule has 2 saturated carbocycles. The summed E-state index contributed by atoms with van der Waals surface area (Å²) in [5.41, 5.74) is 9.53. The Morgan fingerprint density at radius 1 is 0.696 bits per heavy atom. The predicted octanol–water partition coefficient (Wildman–Crippen LogP) is 6.62. The predicted molar refractivity (Wildman–Crippen MR) is 112 cm³/mol. The van der Waals surface area contributed by atoms with E-state index in [1.807, 2.05) is 27.7 Å². The van der Waals surface area contributed by atoms with E-state index in [9.17, 15) is 0 Å². The molecule has 2 rings (SSSR count). The van der Waals surface area contributed by atoms with Gasteiger partial charge in [-0.25, -0.2) is 0 Å². The van der Waals surface area contributed by atoms with Gasteiger partial charge in [-0.15, -0.1) is 0 Å². The average Bonchev–Trinajstić information content (AvgIpc) is 3.25. The molecule has 0 aromatic carbocycles. The highest BCUT2D eigenvalue weighted by Crippen LogP contribution is 2.29. The molecule has 2 heteroatoms. The van der Waals surface area contributed by atoms with Crippen molar-refractivity contribution in [3.63, 3.8) is 0 Å². The van der Waals surface area contributed by atoms with Crippen molar-refractivity contribution in [3.8, 4) is 0 Å². The fraction of sp³-hybridized carbons (Fsp3) is 1.00. The van der Waals surface area contributed by atoms with Gasteiger partial charge >= 0.3 is 0 Å². The van der Waals surface area contributed by atoms with Gasteiger partial charge in [0.25, 0.3) is 0 Å². The number of rotatable bonds is 1. The Labute approximate surface area is 150 Å². The third-order valence-corrected chi connectivity index (χ3v) is 4.22. The summed E-state index contributed by atoms with van der Waals surface area (Å²) in [6.07, 6.45) is 11.5. The molecule has 146 valence electrons. The molecule has 0 bridgehead atoms. The molecule has 0 heterocycles. The molecule has 23 heavy (non-hydrogen) atoms. The second kappa shape index (κ2) is 29.9. The summed E-state index contributed by atoms with van der Waals surface area (Å²) in [5, 5.41) is 0. The zero-order valence-corrected chi connectivity index (χ0v) is 18.3. The molecule has 2 aliphatic rings. The first-order valence-corrected chi connectivity index (χ1v) is 10.4. The van der Waals surface area contributed by atoms with E-state index in [0.717, 1.165) is 30.7 Å². The first-order chi connectivity index (χ1) is 11.1. The molecule has 2 nitrogen and oxygen atoms in total. The Kier molecular flexibility index (Phi) is 40.0. The molecule has 0 amide bonds. The third kappa shape index (κ3) is 27.1. The van der Waals surface area contributed by atoms with Crippen molar-refractivity contribution in [1.29, 1.82) is 0 Å². The topological polar surface area (TPSA) is 52.0 Å². The minimum Gasteiger partial charge on any atom is -0.333 e. The Bertz CT molecular complexity index is 144. The minimum absolute atomic E-state index is 0.819. The molecule has 4 N–H and O–H groups in total. The van der Waals surface area contributed by atoms with Crippen LogP contribution >= 0.6 is 0 Å². The van der Waals surface area contributed by atoms with Gasteiger partial charge in [-0.2, -0.15) is 0 Å². The molecular formula is C21H52N2. The van der Waals surface area contributed by atoms with Crippen LogP contribution in [-0.2, 0) is 0 Å². The Morgan fingerprint density at radius 3 is 1.09 bits per heavy atom. The van der Waals surface area contributed by atoms with Crippen LogP contribution in [0.2, 0.25) is 0 Å². The van der Waals surface area contributed by atoms with Crippen LogP contribution in [-0.4, -0.2) is 13.6 Å². The highest BCUT2D eigenvalue weighted by atomic mass is 14.5. The van der Waals surface area contributed by atoms with Crippen LogP contribution in [0.5, 0.6) is 0 Å². The minimum atomic E-state index is 0.819. The molecule has 0 aromatic rings. The number of nitrogens with two attached hydrogens (primary N) is 2. The van der Waals surface area contributed by atoms with Crippen molar-refractivity contribution in [2.45, 2.75) is 107 Å². The highest BCUT2D eigenvalue weighted by Gasteiger charge is 2.17. The molecule has 0 radical (unpaired) electrons. The zero-order chi connectivity index (χ0) is 19.1. The summed E-state index contributed by atoms with van der Waals surface area (Å²) < 4.78 is 0. The van der Waals surface area contributed by atoms with Crippen molar-refractivity contribution in [2.75, 3.05) is 13.6 Å². The summed E-state index contributed by atoms with van der Waals surface area (Å²) in [7, 11) is 1.50. The van der Waals surface area contributed by atoms with Gasteiger partial charge in [0.05, 0.1) is 0 Å². The van der Waals surface area contributed by atoms with E-state index in [-0.39, 0.29) is 0 Å². The van der Waals surface area contributed by atoms with E-state index in [2.05, 4.69) is 33.4 Å². The van der Waals surface area contributed by atoms with Gasteiger partial charge in [-0.3, -0.25) is 0 Å². The van der Waals surface area contributed by atoms with Gasteiger partial charge in [-0.05, 0) is 37.8 Å². The second-order valence-electron chi connectivity index (χ2n) is 6.06. The van der Waals surface area contributed by atoms with E-state index < -0.39 is 0 Å². The van der Waals surface area contributed by atoms with E-state index in [0.29, 0.717) is 0 Å². The van der Waals surface area contributed by atoms with Gasteiger partial charge < -0.3 is 11.5 Å². The molecule has 2 unspecified atom stereocenters. The summed E-state index contributed by atoms with van der Waals surface area (Å²) in [4.78, 5) is 0. The molecule has 0 aromatic heterocycles. The van der Waals surface area contributed by atoms with Gasteiger partial charge in [0, 0.05) is 0 Å². The summed E-state index contributed by atoms with van der Waals surface area (Å²) in [6, 6.07) is 0. The van der Waals surface area contributed by atoms with Crippen LogP contribution in [0, 0.1) is 17.8 Å². The normalized spacial score (nSPS) is 21.5. The smallest absolute Gasteiger partial charge is 0.00799 e. The third-order valence-electron chi connectivity index (χ3n) is 4.22. The quantitative estimate of drug-likeness (QED) is 0.566. The van der Waals surface area contributed by atoms with Crippen molar-refractivity contribution in [3.05, 3.63) is 0 Å². The van der Waals surface area contributed by atoms with Gasteiger partial charge in [0.15, 0.2) is 0 Å². The first kappa shape index (κ1) is 30.8. The van der Waals surface area contributed by atoms with Gasteiger partial charge in [0.1, 0.15) is 0 Å². The lowest BCUT2D eigenvalue weighted by molar-refractivity contribution is 0.457. The van der Waals surface area contributed by atoms with E-state index in [4.69, 9.17) is 5.73 Å². The zero-order valence-electron chi connectivity index (χ0n) is 18.3. The van der Waals surface area contributed by atoms with Gasteiger partial charge in [-0.1, -0.05) is 100 Å². The molecule has 0 spiro atoms. The van der Waals surface area contributed by atoms with Crippen LogP contribution in [0.15, 0.2) is 0 Å². The molecule has 2 fully saturated rings. The lowest BCUT2D eigenvalue weighted by Crippen LogP contribution is -1.95. The van der Waals surface area contributed by atoms with E-state index in [1.54, 1.807) is 0 Å². The number of hydrogen-bond acceptors (Lipinski definition) is 2. The van der Waals surface area contributed by atoms with Crippen molar-refractivity contribution in [1.82, 2.24) is 0 Å². The van der Waals surface area contributed by atoms with Crippen LogP contribution < -0.4 is 11.5 Å². The maximum Gasteiger partial charge on any atom is -0.00799 e. The lowest BCUT2D eigenvalue weighted by Gasteiger charge is -2.05. The summed E-state index contributed by atoms with van der Waals surface area (Å²) >= 11 is 0. The van der Waals surface area contributed by atoms with E-state index >= 15 is 0 Å². The molecule has 0 saturated heterocycles. The fourth-order valence-corrected chi connectivity index (χ4v) is 2.46. The van der Waals surface area contributed by atoms with Crippen LogP contribution in [0.25, 0.3) is 0 Å². The Hall–Kier alpha value is -0.0800. The maximum atomic E-state index is 5.03. The highest BCUT2D eigenvalue weighted by molar-refractivity contribution is 4.69. The van der Waals surface area contributed by atoms with Crippen molar-refractivity contribution in [2.24, 2.45) is 29.2 Å². The van der Waals surface area contributed by atoms with E-state index in [1.165, 1.54) is 52.0 Å². The molecule has 0 aliphatic heterocycles. The second-order valence-corrected chi connectivity index (χ2v) is 6.06. The lowest BCUT2D eigenvalue weighted by atomic mass is 10.0. The summed E-state index contributed by atoms with van der Waals surface area (Å²) in [5.74, 6) is 3.07. The SMILES string of the molecule is CC.CC.CC1CCCC1.CC1CCCC1C.CCCN.CN. The van der Waals surface area contributed by atoms with Crippen LogP contribution in [0.4, 0.5) is 0 Å². The fourth-order valence-electron chi connectivity index (χ4n) is 2.46. The largest absolute Gasteiger partial charge is 0.333 e. The molecule has 2 atom stereocenters. The molecule has 2 aliphatic carbocycles. The monoisotopic (exact) mass is 332 g/mol. The number of hydrogen-bond donors (Lipinski definition) is 2. The van der Waals surface area contributed by atoms with Crippen LogP contribution in [0.3, 0.4) is 0 Å². The maximum absolute atomic E-state index is 5.03. The average molecular weight is 333 g/mol. The Morgan fingerprint density at radius 2 is 1.00 bits per heavy atom. The standard InChI is InChI=1S/C7H14.C6H12.C3H9N.2C2H6.CH5N/c1-6-4-3-5-7(6)2;1-6-4-2-3-5-6;1-2-3-4;3*1-2/h6-7H,3-5H2,1-2H3;6H,2-5H2,1H3;2-4H2,1H3;2*1-2H3;2H2,1H3. The van der Waals surface area contributed by atoms with Crippen LogP contribution in [0.1, 0.15) is 107 Å².